The lowest BCUT2D eigenvalue weighted by molar-refractivity contribution is -0.121. The van der Waals surface area contributed by atoms with E-state index in [1.807, 2.05) is 43.3 Å². The summed E-state index contributed by atoms with van der Waals surface area (Å²) in [6, 6.07) is 19.9. The molecule has 2 aromatic rings. The van der Waals surface area contributed by atoms with Crippen LogP contribution in [-0.2, 0) is 9.22 Å². The van der Waals surface area contributed by atoms with Crippen molar-refractivity contribution < 1.29 is 19.4 Å². The number of ketones is 1. The molecule has 0 spiro atoms. The van der Waals surface area contributed by atoms with Crippen LogP contribution in [0.1, 0.15) is 70.2 Å². The molecule has 0 saturated heterocycles. The summed E-state index contributed by atoms with van der Waals surface area (Å²) < 4.78 is 7.22. The van der Waals surface area contributed by atoms with E-state index in [4.69, 9.17) is 4.43 Å². The average Bonchev–Trinajstić information content (AvgIpc) is 2.84. The van der Waals surface area contributed by atoms with Crippen LogP contribution < -0.4 is 0 Å². The van der Waals surface area contributed by atoms with Crippen molar-refractivity contribution in [2.24, 2.45) is 0 Å². The summed E-state index contributed by atoms with van der Waals surface area (Å²) in [7, 11) is -2.24. The Morgan fingerprint density at radius 2 is 1.50 bits per heavy atom. The van der Waals surface area contributed by atoms with Gasteiger partial charge in [0.15, 0.2) is 14.1 Å². The Hall–Kier alpha value is -2.25. The van der Waals surface area contributed by atoms with Gasteiger partial charge < -0.3 is 19.5 Å². The normalized spacial score (nSPS) is 24.9. The second-order valence-corrected chi connectivity index (χ2v) is 16.5. The van der Waals surface area contributed by atoms with Gasteiger partial charge in [0, 0.05) is 17.7 Å². The number of aliphatic hydroxyl groups excluding tert-OH is 2. The third-order valence-corrected chi connectivity index (χ3v) is 12.8. The van der Waals surface area contributed by atoms with E-state index in [1.165, 1.54) is 0 Å². The molecule has 5 atom stereocenters. The van der Waals surface area contributed by atoms with Gasteiger partial charge in [-0.1, -0.05) is 81.4 Å². The van der Waals surface area contributed by atoms with Crippen LogP contribution >= 0.6 is 0 Å². The Balaban J connectivity index is 1.96. The van der Waals surface area contributed by atoms with Crippen molar-refractivity contribution in [1.82, 2.24) is 4.90 Å². The zero-order valence-electron chi connectivity index (χ0n) is 22.4. The summed E-state index contributed by atoms with van der Waals surface area (Å²) in [4.78, 5) is 15.2. The van der Waals surface area contributed by atoms with E-state index in [2.05, 4.69) is 63.0 Å². The first-order valence-electron chi connectivity index (χ1n) is 13.1. The molecule has 0 bridgehead atoms. The summed E-state index contributed by atoms with van der Waals surface area (Å²) >= 11 is 0. The molecule has 0 saturated carbocycles. The van der Waals surface area contributed by atoms with Crippen molar-refractivity contribution in [2.75, 3.05) is 0 Å². The van der Waals surface area contributed by atoms with Crippen LogP contribution in [0.25, 0.3) is 0 Å². The van der Waals surface area contributed by atoms with Crippen molar-refractivity contribution in [1.29, 1.82) is 0 Å². The van der Waals surface area contributed by atoms with E-state index in [1.54, 1.807) is 0 Å². The largest absolute Gasteiger partial charge is 0.407 e. The molecule has 2 aliphatic rings. The maximum atomic E-state index is 13.0. The van der Waals surface area contributed by atoms with Gasteiger partial charge in [-0.15, -0.1) is 0 Å². The molecule has 2 N–H and O–H groups in total. The smallest absolute Gasteiger partial charge is 0.193 e. The number of carbonyl (C=O) groups excluding carboxylic acids is 1. The number of hydrogen-bond acceptors (Lipinski definition) is 5. The van der Waals surface area contributed by atoms with Crippen LogP contribution in [0.2, 0.25) is 18.1 Å². The molecule has 4 rings (SSSR count). The predicted octanol–water partition coefficient (Wildman–Crippen LogP) is 5.92. The number of Topliss-reactive ketones (excluding diaryl/α,β-unsaturated/α-hetero) is 1. The fourth-order valence-corrected chi connectivity index (χ4v) is 6.55. The Morgan fingerprint density at radius 1 is 0.944 bits per heavy atom. The van der Waals surface area contributed by atoms with Gasteiger partial charge in [0.2, 0.25) is 0 Å². The van der Waals surface area contributed by atoms with Gasteiger partial charge in [0.1, 0.15) is 12.2 Å². The average molecular weight is 508 g/mol. The van der Waals surface area contributed by atoms with Crippen LogP contribution in [0.3, 0.4) is 0 Å². The summed E-state index contributed by atoms with van der Waals surface area (Å²) in [5, 5.41) is 22.1. The third-order valence-electron chi connectivity index (χ3n) is 8.38. The SMILES string of the molecule is C[C@@H]1[C@@H](O)[C@@H](O)C2=C(CCCC2=O)N1[C@H](c1ccccc1)[C@@H](O[Si](C)(C)C(C)(C)C)c1ccccc1. The Labute approximate surface area is 216 Å². The maximum absolute atomic E-state index is 13.0. The number of carbonyl (C=O) groups is 1. The molecule has 2 aromatic carbocycles. The fraction of sp³-hybridized carbons (Fsp3) is 0.500. The van der Waals surface area contributed by atoms with Crippen LogP contribution in [0.4, 0.5) is 0 Å². The monoisotopic (exact) mass is 507 g/mol. The minimum Gasteiger partial charge on any atom is -0.407 e. The molecule has 1 aliphatic heterocycles. The van der Waals surface area contributed by atoms with Crippen LogP contribution in [0.15, 0.2) is 71.9 Å². The molecule has 0 aromatic heterocycles. The lowest BCUT2D eigenvalue weighted by Crippen LogP contribution is -2.56. The summed E-state index contributed by atoms with van der Waals surface area (Å²) in [6.45, 7) is 13.2. The second-order valence-electron chi connectivity index (χ2n) is 11.8. The minimum atomic E-state index is -2.24. The summed E-state index contributed by atoms with van der Waals surface area (Å²) in [5.74, 6) is -0.0620. The van der Waals surface area contributed by atoms with E-state index in [-0.39, 0.29) is 23.0 Å². The van der Waals surface area contributed by atoms with Gasteiger partial charge in [-0.05, 0) is 49.0 Å². The lowest BCUT2D eigenvalue weighted by Gasteiger charge is -2.52. The molecule has 0 radical (unpaired) electrons. The molecular weight excluding hydrogens is 466 g/mol. The van der Waals surface area contributed by atoms with Crippen molar-refractivity contribution >= 4 is 14.1 Å². The highest BCUT2D eigenvalue weighted by Crippen LogP contribution is 2.49. The van der Waals surface area contributed by atoms with Gasteiger partial charge >= 0.3 is 0 Å². The molecule has 194 valence electrons. The number of aliphatic hydroxyl groups is 2. The molecule has 1 heterocycles. The van der Waals surface area contributed by atoms with E-state index in [9.17, 15) is 15.0 Å². The quantitative estimate of drug-likeness (QED) is 0.475. The first kappa shape index (κ1) is 26.8. The van der Waals surface area contributed by atoms with Gasteiger partial charge in [-0.3, -0.25) is 4.79 Å². The Kier molecular flexibility index (Phi) is 7.63. The van der Waals surface area contributed by atoms with Crippen molar-refractivity contribution in [3.8, 4) is 0 Å². The van der Waals surface area contributed by atoms with Gasteiger partial charge in [0.05, 0.1) is 18.2 Å². The first-order chi connectivity index (χ1) is 16.9. The number of allylic oxidation sites excluding steroid dienone is 1. The summed E-state index contributed by atoms with van der Waals surface area (Å²) in [5.41, 5.74) is 3.36. The van der Waals surface area contributed by atoms with Gasteiger partial charge in [0.25, 0.3) is 0 Å². The maximum Gasteiger partial charge on any atom is 0.193 e. The molecule has 0 unspecified atom stereocenters. The Bertz CT molecular complexity index is 1090. The summed E-state index contributed by atoms with van der Waals surface area (Å²) in [6.07, 6.45) is -0.716. The highest BCUT2D eigenvalue weighted by molar-refractivity contribution is 6.74. The molecule has 6 heteroatoms. The van der Waals surface area contributed by atoms with Crippen molar-refractivity contribution in [2.45, 2.75) is 95.5 Å². The van der Waals surface area contributed by atoms with E-state index < -0.39 is 26.6 Å². The number of nitrogens with zero attached hydrogens (tertiary/aromatic N) is 1. The van der Waals surface area contributed by atoms with Crippen LogP contribution in [-0.4, -0.2) is 47.5 Å². The molecule has 0 amide bonds. The molecule has 36 heavy (non-hydrogen) atoms. The molecule has 0 fully saturated rings. The predicted molar refractivity (Wildman–Crippen MR) is 146 cm³/mol. The van der Waals surface area contributed by atoms with Gasteiger partial charge in [-0.2, -0.15) is 0 Å². The van der Waals surface area contributed by atoms with Crippen molar-refractivity contribution in [3.63, 3.8) is 0 Å². The third kappa shape index (κ3) is 4.97. The zero-order chi connectivity index (χ0) is 26.3. The number of hydrogen-bond donors (Lipinski definition) is 2. The molecule has 1 aliphatic carbocycles. The van der Waals surface area contributed by atoms with Gasteiger partial charge in [-0.25, -0.2) is 0 Å². The fourth-order valence-electron chi connectivity index (χ4n) is 5.30. The lowest BCUT2D eigenvalue weighted by atomic mass is 9.80. The second kappa shape index (κ2) is 10.2. The van der Waals surface area contributed by atoms with E-state index in [0.29, 0.717) is 18.4 Å². The number of rotatable bonds is 6. The standard InChI is InChI=1S/C30H41NO4Si/c1-20-27(33)28(34)25-23(18-13-19-24(25)32)31(20)26(21-14-9-7-10-15-21)29(22-16-11-8-12-17-22)35-36(5,6)30(2,3)4/h7-12,14-17,20,26-29,33-34H,13,18-19H2,1-6H3/t20-,26-,27-,28+,29+/m1/s1. The van der Waals surface area contributed by atoms with Crippen LogP contribution in [0, 0.1) is 0 Å². The molecular formula is C30H41NO4Si. The van der Waals surface area contributed by atoms with E-state index in [0.717, 1.165) is 23.2 Å². The first-order valence-corrected chi connectivity index (χ1v) is 16.0. The van der Waals surface area contributed by atoms with Crippen molar-refractivity contribution in [3.05, 3.63) is 83.1 Å². The zero-order valence-corrected chi connectivity index (χ0v) is 23.4. The Morgan fingerprint density at radius 3 is 2.06 bits per heavy atom. The minimum absolute atomic E-state index is 0.00424. The highest BCUT2D eigenvalue weighted by atomic mass is 28.4. The number of benzene rings is 2. The highest BCUT2D eigenvalue weighted by Gasteiger charge is 2.49. The van der Waals surface area contributed by atoms with E-state index >= 15 is 0 Å². The molecule has 5 nitrogen and oxygen atoms in total. The topological polar surface area (TPSA) is 70.0 Å². The van der Waals surface area contributed by atoms with Crippen LogP contribution in [0.5, 0.6) is 0 Å².